The molecule has 0 rings (SSSR count). The van der Waals surface area contributed by atoms with Gasteiger partial charge in [0.2, 0.25) is 0 Å². The van der Waals surface area contributed by atoms with Crippen LogP contribution in [0.4, 0.5) is 0 Å². The fraction of sp³-hybridized carbons (Fsp3) is 0.746. The normalized spacial score (nSPS) is 12.6. The topological polar surface area (TPSA) is 78.9 Å². The lowest BCUT2D eigenvalue weighted by Crippen LogP contribution is -2.30. The van der Waals surface area contributed by atoms with Gasteiger partial charge in [-0.15, -0.1) is 0 Å². The maximum absolute atomic E-state index is 12.8. The predicted molar refractivity (Wildman–Crippen MR) is 279 cm³/mol. The Kier molecular flexibility index (Phi) is 50.9. The van der Waals surface area contributed by atoms with Gasteiger partial charge in [-0.25, -0.2) is 0 Å². The van der Waals surface area contributed by atoms with Crippen molar-refractivity contribution in [3.05, 3.63) is 72.9 Å². The van der Waals surface area contributed by atoms with Gasteiger partial charge in [0.15, 0.2) is 6.10 Å². The van der Waals surface area contributed by atoms with E-state index in [1.54, 1.807) is 0 Å². The number of hydrogen-bond acceptors (Lipinski definition) is 6. The Labute approximate surface area is 402 Å². The number of rotatable bonds is 49. The van der Waals surface area contributed by atoms with Crippen molar-refractivity contribution in [2.24, 2.45) is 0 Å². The van der Waals surface area contributed by atoms with Crippen molar-refractivity contribution in [2.45, 2.75) is 271 Å². The van der Waals surface area contributed by atoms with Crippen LogP contribution in [-0.2, 0) is 28.6 Å². The number of hydrogen-bond donors (Lipinski definition) is 0. The monoisotopic (exact) mass is 907 g/mol. The van der Waals surface area contributed by atoms with Crippen molar-refractivity contribution in [1.82, 2.24) is 0 Å². The van der Waals surface area contributed by atoms with Gasteiger partial charge in [-0.05, 0) is 70.6 Å². The van der Waals surface area contributed by atoms with Gasteiger partial charge in [-0.2, -0.15) is 0 Å². The van der Waals surface area contributed by atoms with Crippen molar-refractivity contribution in [3.8, 4) is 0 Å². The maximum Gasteiger partial charge on any atom is 0.306 e. The molecule has 1 unspecified atom stereocenters. The van der Waals surface area contributed by atoms with Crippen LogP contribution in [0, 0.1) is 0 Å². The third-order valence-corrected chi connectivity index (χ3v) is 11.8. The van der Waals surface area contributed by atoms with Crippen LogP contribution < -0.4 is 0 Å². The molecule has 0 aromatic rings. The van der Waals surface area contributed by atoms with Gasteiger partial charge in [0.1, 0.15) is 13.2 Å². The standard InChI is InChI=1S/C59H102O6/c1-4-7-10-13-16-19-22-25-28-29-30-32-34-37-40-43-46-49-52-58(61)64-55-56(54-63-57(60)51-48-45-42-39-36-33-27-24-21-18-15-12-9-6-3)65-59(62)53-50-47-44-41-38-35-31-26-23-20-17-14-11-8-5-2/h8-9,11-12,14,17-18,20-21,23,27,33,56H,4-7,10,13,15-16,19,22,24-26,28-32,34-55H2,1-3H3/b11-8-,12-9-,17-14-,21-18-,23-20-,33-27-. The highest BCUT2D eigenvalue weighted by molar-refractivity contribution is 5.71. The van der Waals surface area contributed by atoms with Crippen LogP contribution in [-0.4, -0.2) is 37.2 Å². The Bertz CT molecular complexity index is 1230. The Balaban J connectivity index is 4.39. The summed E-state index contributed by atoms with van der Waals surface area (Å²) in [7, 11) is 0. The summed E-state index contributed by atoms with van der Waals surface area (Å²) in [5.74, 6) is -0.914. The van der Waals surface area contributed by atoms with Gasteiger partial charge >= 0.3 is 17.9 Å². The first-order chi connectivity index (χ1) is 32.0. The van der Waals surface area contributed by atoms with E-state index in [9.17, 15) is 14.4 Å². The van der Waals surface area contributed by atoms with E-state index in [0.717, 1.165) is 103 Å². The average Bonchev–Trinajstić information content (AvgIpc) is 3.30. The molecule has 0 aliphatic heterocycles. The lowest BCUT2D eigenvalue weighted by molar-refractivity contribution is -0.167. The molecule has 0 bridgehead atoms. The van der Waals surface area contributed by atoms with Gasteiger partial charge in [0, 0.05) is 19.3 Å². The van der Waals surface area contributed by atoms with E-state index in [-0.39, 0.29) is 31.1 Å². The number of unbranched alkanes of at least 4 members (excludes halogenated alkanes) is 28. The SMILES string of the molecule is CC\C=C/C=C\C=C/CCCCCCCCCC(=O)OC(COC(=O)CCCCCC/C=C\C/C=C\C/C=C\CC)COC(=O)CCCCCCCCCCCCCCCCCCCC. The summed E-state index contributed by atoms with van der Waals surface area (Å²) in [5.41, 5.74) is 0. The molecular weight excluding hydrogens is 805 g/mol. The zero-order valence-electron chi connectivity index (χ0n) is 42.7. The van der Waals surface area contributed by atoms with Gasteiger partial charge in [-0.1, -0.05) is 248 Å². The van der Waals surface area contributed by atoms with E-state index in [0.29, 0.717) is 19.3 Å². The Morgan fingerprint density at radius 2 is 0.677 bits per heavy atom. The molecule has 0 saturated carbocycles. The van der Waals surface area contributed by atoms with Gasteiger partial charge in [-0.3, -0.25) is 14.4 Å². The molecule has 0 aliphatic carbocycles. The maximum atomic E-state index is 12.8. The van der Waals surface area contributed by atoms with Crippen molar-refractivity contribution in [3.63, 3.8) is 0 Å². The summed E-state index contributed by atoms with van der Waals surface area (Å²) in [6, 6.07) is 0. The van der Waals surface area contributed by atoms with Crippen LogP contribution >= 0.6 is 0 Å². The molecule has 1 atom stereocenters. The molecule has 0 radical (unpaired) electrons. The quantitative estimate of drug-likeness (QED) is 0.0199. The van der Waals surface area contributed by atoms with Crippen LogP contribution in [0.1, 0.15) is 265 Å². The molecule has 65 heavy (non-hydrogen) atoms. The summed E-state index contributed by atoms with van der Waals surface area (Å²) in [5, 5.41) is 0. The smallest absolute Gasteiger partial charge is 0.306 e. The Morgan fingerprint density at radius 1 is 0.338 bits per heavy atom. The van der Waals surface area contributed by atoms with E-state index in [4.69, 9.17) is 14.2 Å². The third-order valence-electron chi connectivity index (χ3n) is 11.8. The molecule has 0 fully saturated rings. The minimum absolute atomic E-state index is 0.0858. The van der Waals surface area contributed by atoms with E-state index in [1.165, 1.54) is 122 Å². The highest BCUT2D eigenvalue weighted by Gasteiger charge is 2.19. The minimum atomic E-state index is -0.789. The van der Waals surface area contributed by atoms with E-state index in [1.807, 2.05) is 0 Å². The molecule has 374 valence electrons. The summed E-state index contributed by atoms with van der Waals surface area (Å²) in [4.78, 5) is 38.1. The molecule has 6 heteroatoms. The number of esters is 3. The second-order valence-corrected chi connectivity index (χ2v) is 18.1. The summed E-state index contributed by atoms with van der Waals surface area (Å²) < 4.78 is 16.8. The lowest BCUT2D eigenvalue weighted by Gasteiger charge is -2.18. The zero-order valence-corrected chi connectivity index (χ0v) is 42.7. The van der Waals surface area contributed by atoms with Crippen molar-refractivity contribution >= 4 is 17.9 Å². The minimum Gasteiger partial charge on any atom is -0.462 e. The predicted octanol–water partition coefficient (Wildman–Crippen LogP) is 18.2. The molecule has 0 N–H and O–H groups in total. The molecule has 0 saturated heterocycles. The van der Waals surface area contributed by atoms with Crippen LogP contribution in [0.2, 0.25) is 0 Å². The molecule has 0 aliphatic rings. The first kappa shape index (κ1) is 61.9. The first-order valence-corrected chi connectivity index (χ1v) is 27.5. The third kappa shape index (κ3) is 51.7. The van der Waals surface area contributed by atoms with Crippen LogP contribution in [0.15, 0.2) is 72.9 Å². The Hall–Kier alpha value is -3.15. The van der Waals surface area contributed by atoms with Crippen LogP contribution in [0.25, 0.3) is 0 Å². The fourth-order valence-electron chi connectivity index (χ4n) is 7.69. The lowest BCUT2D eigenvalue weighted by atomic mass is 10.0. The molecule has 0 amide bonds. The molecule has 0 aromatic heterocycles. The fourth-order valence-corrected chi connectivity index (χ4v) is 7.69. The number of carbonyl (C=O) groups excluding carboxylic acids is 3. The number of carbonyl (C=O) groups is 3. The molecule has 0 spiro atoms. The highest BCUT2D eigenvalue weighted by Crippen LogP contribution is 2.16. The van der Waals surface area contributed by atoms with Gasteiger partial charge in [0.25, 0.3) is 0 Å². The average molecular weight is 907 g/mol. The molecule has 6 nitrogen and oxygen atoms in total. The van der Waals surface area contributed by atoms with Gasteiger partial charge in [0.05, 0.1) is 0 Å². The number of ether oxygens (including phenoxy) is 3. The zero-order chi connectivity index (χ0) is 47.2. The van der Waals surface area contributed by atoms with Crippen LogP contribution in [0.3, 0.4) is 0 Å². The summed E-state index contributed by atoms with van der Waals surface area (Å²) in [6.07, 6.45) is 67.5. The molecule has 0 heterocycles. The van der Waals surface area contributed by atoms with E-state index in [2.05, 4.69) is 93.7 Å². The van der Waals surface area contributed by atoms with Gasteiger partial charge < -0.3 is 14.2 Å². The second-order valence-electron chi connectivity index (χ2n) is 18.1. The van der Waals surface area contributed by atoms with Crippen molar-refractivity contribution in [1.29, 1.82) is 0 Å². The Morgan fingerprint density at radius 3 is 1.11 bits per heavy atom. The summed E-state index contributed by atoms with van der Waals surface area (Å²) in [6.45, 7) is 6.39. The molecule has 0 aromatic carbocycles. The summed E-state index contributed by atoms with van der Waals surface area (Å²) >= 11 is 0. The van der Waals surface area contributed by atoms with E-state index >= 15 is 0 Å². The van der Waals surface area contributed by atoms with Crippen molar-refractivity contribution in [2.75, 3.05) is 13.2 Å². The van der Waals surface area contributed by atoms with E-state index < -0.39 is 6.10 Å². The molecular formula is C59H102O6. The second kappa shape index (κ2) is 53.5. The van der Waals surface area contributed by atoms with Crippen LogP contribution in [0.5, 0.6) is 0 Å². The number of allylic oxidation sites excluding steroid dienone is 12. The highest BCUT2D eigenvalue weighted by atomic mass is 16.6. The largest absolute Gasteiger partial charge is 0.462 e. The van der Waals surface area contributed by atoms with Crippen molar-refractivity contribution < 1.29 is 28.6 Å². The first-order valence-electron chi connectivity index (χ1n) is 27.5.